The van der Waals surface area contributed by atoms with E-state index in [4.69, 9.17) is 0 Å². The Bertz CT molecular complexity index is 727. The fraction of sp³-hybridized carbons (Fsp3) is 0.450. The molecule has 1 amide bonds. The third-order valence-corrected chi connectivity index (χ3v) is 3.95. The highest BCUT2D eigenvalue weighted by Crippen LogP contribution is 2.19. The van der Waals surface area contributed by atoms with Crippen LogP contribution in [0.1, 0.15) is 48.9 Å². The van der Waals surface area contributed by atoms with Crippen LogP contribution in [0.5, 0.6) is 0 Å². The van der Waals surface area contributed by atoms with Crippen molar-refractivity contribution in [3.05, 3.63) is 47.3 Å². The predicted octanol–water partition coefficient (Wildman–Crippen LogP) is 4.22. The van der Waals surface area contributed by atoms with Crippen molar-refractivity contribution in [2.24, 2.45) is 5.92 Å². The summed E-state index contributed by atoms with van der Waals surface area (Å²) in [7, 11) is 0. The van der Waals surface area contributed by atoms with Gasteiger partial charge in [0.2, 0.25) is 5.95 Å². The van der Waals surface area contributed by atoms with Crippen LogP contribution in [0.15, 0.2) is 30.3 Å². The van der Waals surface area contributed by atoms with Crippen LogP contribution < -0.4 is 10.2 Å². The van der Waals surface area contributed by atoms with Gasteiger partial charge in [-0.1, -0.05) is 26.0 Å². The van der Waals surface area contributed by atoms with E-state index in [0.29, 0.717) is 24.1 Å². The van der Waals surface area contributed by atoms with E-state index < -0.39 is 0 Å². The molecule has 1 N–H and O–H groups in total. The van der Waals surface area contributed by atoms with Crippen molar-refractivity contribution >= 4 is 17.5 Å². The van der Waals surface area contributed by atoms with Crippen molar-refractivity contribution < 1.29 is 4.79 Å². The van der Waals surface area contributed by atoms with Gasteiger partial charge in [-0.3, -0.25) is 4.79 Å². The molecule has 1 aromatic heterocycles. The summed E-state index contributed by atoms with van der Waals surface area (Å²) in [6.45, 7) is 11.6. The lowest BCUT2D eigenvalue weighted by atomic mass is 10.1. The second kappa shape index (κ2) is 8.60. The van der Waals surface area contributed by atoms with E-state index in [1.54, 1.807) is 11.0 Å². The van der Waals surface area contributed by atoms with Crippen molar-refractivity contribution in [1.82, 2.24) is 9.97 Å². The first-order valence-corrected chi connectivity index (χ1v) is 8.88. The fourth-order valence-corrected chi connectivity index (χ4v) is 2.61. The van der Waals surface area contributed by atoms with Gasteiger partial charge in [0.25, 0.3) is 5.91 Å². The number of nitrogens with zero attached hydrogens (tertiary/aromatic N) is 3. The van der Waals surface area contributed by atoms with Gasteiger partial charge < -0.3 is 10.2 Å². The van der Waals surface area contributed by atoms with Gasteiger partial charge in [-0.25, -0.2) is 9.97 Å². The molecule has 134 valence electrons. The van der Waals surface area contributed by atoms with Crippen molar-refractivity contribution in [3.8, 4) is 0 Å². The lowest BCUT2D eigenvalue weighted by Crippen LogP contribution is -2.31. The average Bonchev–Trinajstić information content (AvgIpc) is 2.54. The van der Waals surface area contributed by atoms with Gasteiger partial charge in [0.1, 0.15) is 5.69 Å². The number of aryl methyl sites for hydroxylation is 2. The highest BCUT2D eigenvalue weighted by Gasteiger charge is 2.19. The molecule has 0 bridgehead atoms. The normalized spacial score (nSPS) is 10.8. The van der Waals surface area contributed by atoms with Crippen LogP contribution >= 0.6 is 0 Å². The molecular formula is C20H28N4O. The van der Waals surface area contributed by atoms with Crippen LogP contribution in [0.2, 0.25) is 0 Å². The van der Waals surface area contributed by atoms with Crippen molar-refractivity contribution in [2.75, 3.05) is 23.3 Å². The minimum absolute atomic E-state index is 0.106. The molecule has 0 atom stereocenters. The summed E-state index contributed by atoms with van der Waals surface area (Å²) in [5, 5.41) is 3.22. The van der Waals surface area contributed by atoms with Crippen LogP contribution in [0.4, 0.5) is 11.6 Å². The maximum Gasteiger partial charge on any atom is 0.277 e. The first-order chi connectivity index (χ1) is 11.9. The van der Waals surface area contributed by atoms with Gasteiger partial charge >= 0.3 is 0 Å². The molecule has 0 fully saturated rings. The monoisotopic (exact) mass is 340 g/mol. The molecule has 0 spiro atoms. The number of nitrogens with one attached hydrogen (secondary N) is 1. The lowest BCUT2D eigenvalue weighted by Gasteiger charge is -2.21. The minimum Gasteiger partial charge on any atom is -0.354 e. The standard InChI is InChI=1S/C20H28N4O/c1-6-24(17-9-7-8-15(4)12-17)19(25)18-13-16(5)22-20(23-18)21-11-10-14(2)3/h7-9,12-14H,6,10-11H2,1-5H3,(H,21,22,23). The van der Waals surface area contributed by atoms with Crippen LogP contribution in [0, 0.1) is 19.8 Å². The van der Waals surface area contributed by atoms with Crippen molar-refractivity contribution in [1.29, 1.82) is 0 Å². The molecule has 2 aromatic rings. The van der Waals surface area contributed by atoms with Gasteiger partial charge in [-0.05, 0) is 56.9 Å². The molecule has 25 heavy (non-hydrogen) atoms. The van der Waals surface area contributed by atoms with Gasteiger partial charge in [-0.2, -0.15) is 0 Å². The van der Waals surface area contributed by atoms with Crippen molar-refractivity contribution in [2.45, 2.75) is 41.0 Å². The maximum absolute atomic E-state index is 13.0. The van der Waals surface area contributed by atoms with E-state index in [0.717, 1.165) is 29.9 Å². The molecule has 0 saturated heterocycles. The zero-order valence-corrected chi connectivity index (χ0v) is 15.8. The van der Waals surface area contributed by atoms with E-state index in [1.807, 2.05) is 45.0 Å². The van der Waals surface area contributed by atoms with E-state index >= 15 is 0 Å². The van der Waals surface area contributed by atoms with Gasteiger partial charge in [0, 0.05) is 24.5 Å². The zero-order chi connectivity index (χ0) is 18.4. The van der Waals surface area contributed by atoms with Crippen LogP contribution in [0.25, 0.3) is 0 Å². The molecule has 5 nitrogen and oxygen atoms in total. The smallest absolute Gasteiger partial charge is 0.277 e. The topological polar surface area (TPSA) is 58.1 Å². The van der Waals surface area contributed by atoms with Crippen LogP contribution in [-0.4, -0.2) is 29.0 Å². The number of aromatic nitrogens is 2. The Balaban J connectivity index is 2.23. The summed E-state index contributed by atoms with van der Waals surface area (Å²) in [6.07, 6.45) is 1.03. The first kappa shape index (κ1) is 18.9. The van der Waals surface area contributed by atoms with E-state index in [9.17, 15) is 4.79 Å². The molecule has 0 radical (unpaired) electrons. The number of carbonyl (C=O) groups excluding carboxylic acids is 1. The Morgan fingerprint density at radius 3 is 2.60 bits per heavy atom. The Morgan fingerprint density at radius 2 is 1.96 bits per heavy atom. The van der Waals surface area contributed by atoms with Crippen LogP contribution in [0.3, 0.4) is 0 Å². The fourth-order valence-electron chi connectivity index (χ4n) is 2.61. The Labute approximate surface area is 150 Å². The largest absolute Gasteiger partial charge is 0.354 e. The summed E-state index contributed by atoms with van der Waals surface area (Å²) in [5.74, 6) is 1.02. The predicted molar refractivity (Wildman–Crippen MR) is 103 cm³/mol. The van der Waals surface area contributed by atoms with E-state index in [1.165, 1.54) is 0 Å². The third kappa shape index (κ3) is 5.28. The van der Waals surface area contributed by atoms with Gasteiger partial charge in [-0.15, -0.1) is 0 Å². The van der Waals surface area contributed by atoms with Crippen LogP contribution in [-0.2, 0) is 0 Å². The summed E-state index contributed by atoms with van der Waals surface area (Å²) in [4.78, 5) is 23.6. The Hall–Kier alpha value is -2.43. The Morgan fingerprint density at radius 1 is 1.20 bits per heavy atom. The summed E-state index contributed by atoms with van der Waals surface area (Å²) < 4.78 is 0. The number of carbonyl (C=O) groups is 1. The maximum atomic E-state index is 13.0. The zero-order valence-electron chi connectivity index (χ0n) is 15.8. The highest BCUT2D eigenvalue weighted by molar-refractivity contribution is 6.05. The molecular weight excluding hydrogens is 312 g/mol. The molecule has 1 heterocycles. The minimum atomic E-state index is -0.106. The molecule has 1 aromatic carbocycles. The summed E-state index contributed by atoms with van der Waals surface area (Å²) >= 11 is 0. The number of rotatable bonds is 7. The number of amides is 1. The molecule has 0 saturated carbocycles. The molecule has 0 aliphatic heterocycles. The number of hydrogen-bond acceptors (Lipinski definition) is 4. The summed E-state index contributed by atoms with van der Waals surface area (Å²) in [6, 6.07) is 9.69. The first-order valence-electron chi connectivity index (χ1n) is 8.88. The number of benzene rings is 1. The van der Waals surface area contributed by atoms with Gasteiger partial charge in [0.05, 0.1) is 0 Å². The van der Waals surface area contributed by atoms with Crippen molar-refractivity contribution in [3.63, 3.8) is 0 Å². The van der Waals surface area contributed by atoms with Gasteiger partial charge in [0.15, 0.2) is 0 Å². The molecule has 0 unspecified atom stereocenters. The lowest BCUT2D eigenvalue weighted by molar-refractivity contribution is 0.0983. The van der Waals surface area contributed by atoms with E-state index in [-0.39, 0.29) is 5.91 Å². The second-order valence-corrected chi connectivity index (χ2v) is 6.72. The number of anilines is 2. The van der Waals surface area contributed by atoms with E-state index in [2.05, 4.69) is 29.1 Å². The Kier molecular flexibility index (Phi) is 6.51. The molecule has 0 aliphatic carbocycles. The second-order valence-electron chi connectivity index (χ2n) is 6.72. The molecule has 0 aliphatic rings. The molecule has 2 rings (SSSR count). The highest BCUT2D eigenvalue weighted by atomic mass is 16.2. The third-order valence-electron chi connectivity index (χ3n) is 3.95. The summed E-state index contributed by atoms with van der Waals surface area (Å²) in [5.41, 5.74) is 3.21. The average molecular weight is 340 g/mol. The molecule has 5 heteroatoms. The SMILES string of the molecule is CCN(C(=O)c1cc(C)nc(NCCC(C)C)n1)c1cccc(C)c1. The number of hydrogen-bond donors (Lipinski definition) is 1. The quantitative estimate of drug-likeness (QED) is 0.820.